The number of nitrogens with two attached hydrogens (primary N) is 1. The van der Waals surface area contributed by atoms with Crippen LogP contribution in [0.15, 0.2) is 42.9 Å². The van der Waals surface area contributed by atoms with Gasteiger partial charge in [0.1, 0.15) is 6.33 Å². The average Bonchev–Trinajstić information content (AvgIpc) is 2.39. The summed E-state index contributed by atoms with van der Waals surface area (Å²) in [6, 6.07) is 10.3. The van der Waals surface area contributed by atoms with E-state index in [9.17, 15) is 0 Å². The van der Waals surface area contributed by atoms with Crippen LogP contribution in [0.1, 0.15) is 22.9 Å². The zero-order valence-electron chi connectivity index (χ0n) is 9.80. The lowest BCUT2D eigenvalue weighted by atomic mass is 10.0. The predicted octanol–water partition coefficient (Wildman–Crippen LogP) is 1.53. The van der Waals surface area contributed by atoms with Crippen LogP contribution in [0.3, 0.4) is 0 Å². The molecule has 0 radical (unpaired) electrons. The fraction of sp³-hybridized carbons (Fsp3) is 0.231. The number of aromatic nitrogens is 2. The molecule has 0 spiro atoms. The first-order valence-corrected chi connectivity index (χ1v) is 5.57. The molecule has 4 nitrogen and oxygen atoms in total. The zero-order chi connectivity index (χ0) is 12.1. The molecule has 1 atom stereocenters. The fourth-order valence-electron chi connectivity index (χ4n) is 1.72. The van der Waals surface area contributed by atoms with Crippen LogP contribution < -0.4 is 11.3 Å². The molecule has 0 saturated heterocycles. The van der Waals surface area contributed by atoms with E-state index < -0.39 is 0 Å². The van der Waals surface area contributed by atoms with E-state index in [4.69, 9.17) is 5.84 Å². The molecule has 0 fully saturated rings. The molecule has 1 aromatic carbocycles. The maximum absolute atomic E-state index is 5.57. The summed E-state index contributed by atoms with van der Waals surface area (Å²) in [7, 11) is 0. The summed E-state index contributed by atoms with van der Waals surface area (Å²) in [4.78, 5) is 8.11. The van der Waals surface area contributed by atoms with Crippen molar-refractivity contribution in [3.63, 3.8) is 0 Å². The average molecular weight is 228 g/mol. The minimum Gasteiger partial charge on any atom is -0.271 e. The summed E-state index contributed by atoms with van der Waals surface area (Å²) < 4.78 is 0. The van der Waals surface area contributed by atoms with Crippen LogP contribution >= 0.6 is 0 Å². The second kappa shape index (κ2) is 5.52. The van der Waals surface area contributed by atoms with Crippen LogP contribution in [0, 0.1) is 6.92 Å². The first-order chi connectivity index (χ1) is 8.29. The van der Waals surface area contributed by atoms with Crippen molar-refractivity contribution in [3.05, 3.63) is 59.7 Å². The number of hydrogen-bond donors (Lipinski definition) is 2. The van der Waals surface area contributed by atoms with Crippen LogP contribution in [0.4, 0.5) is 0 Å². The smallest absolute Gasteiger partial charge is 0.115 e. The van der Waals surface area contributed by atoms with Crippen LogP contribution in [-0.2, 0) is 6.42 Å². The molecule has 88 valence electrons. The van der Waals surface area contributed by atoms with Crippen molar-refractivity contribution in [2.24, 2.45) is 5.84 Å². The number of hydrazine groups is 1. The van der Waals surface area contributed by atoms with Crippen LogP contribution in [0.5, 0.6) is 0 Å². The lowest BCUT2D eigenvalue weighted by Gasteiger charge is -2.15. The SMILES string of the molecule is Cc1ccc(CC(NN)c2ccncn2)cc1. The maximum atomic E-state index is 5.57. The fourth-order valence-corrected chi connectivity index (χ4v) is 1.72. The van der Waals surface area contributed by atoms with Gasteiger partial charge in [-0.15, -0.1) is 0 Å². The Balaban J connectivity index is 2.13. The van der Waals surface area contributed by atoms with Gasteiger partial charge in [0.15, 0.2) is 0 Å². The zero-order valence-corrected chi connectivity index (χ0v) is 9.80. The van der Waals surface area contributed by atoms with Crippen molar-refractivity contribution in [2.75, 3.05) is 0 Å². The molecule has 1 heterocycles. The predicted molar refractivity (Wildman–Crippen MR) is 67.0 cm³/mol. The van der Waals surface area contributed by atoms with E-state index in [2.05, 4.69) is 46.6 Å². The molecule has 0 aliphatic heterocycles. The molecule has 2 aromatic rings. The highest BCUT2D eigenvalue weighted by Gasteiger charge is 2.11. The molecule has 3 N–H and O–H groups in total. The van der Waals surface area contributed by atoms with Crippen molar-refractivity contribution in [2.45, 2.75) is 19.4 Å². The van der Waals surface area contributed by atoms with Gasteiger partial charge in [-0.05, 0) is 25.0 Å². The summed E-state index contributed by atoms with van der Waals surface area (Å²) in [6.07, 6.45) is 4.07. The van der Waals surface area contributed by atoms with Gasteiger partial charge in [0.2, 0.25) is 0 Å². The first-order valence-electron chi connectivity index (χ1n) is 5.57. The van der Waals surface area contributed by atoms with E-state index in [-0.39, 0.29) is 6.04 Å². The van der Waals surface area contributed by atoms with E-state index in [1.54, 1.807) is 6.20 Å². The van der Waals surface area contributed by atoms with Gasteiger partial charge >= 0.3 is 0 Å². The Hall–Kier alpha value is -1.78. The summed E-state index contributed by atoms with van der Waals surface area (Å²) >= 11 is 0. The Morgan fingerprint density at radius 2 is 2.00 bits per heavy atom. The third-order valence-corrected chi connectivity index (χ3v) is 2.72. The standard InChI is InChI=1S/C13H16N4/c1-10-2-4-11(5-3-10)8-13(17-14)12-6-7-15-9-16-12/h2-7,9,13,17H,8,14H2,1H3. The number of nitrogens with one attached hydrogen (secondary N) is 1. The molecule has 0 amide bonds. The minimum atomic E-state index is 0.0145. The Labute approximate surface area is 101 Å². The number of nitrogens with zero attached hydrogens (tertiary/aromatic N) is 2. The molecule has 1 unspecified atom stereocenters. The van der Waals surface area contributed by atoms with Crippen LogP contribution in [-0.4, -0.2) is 9.97 Å². The third-order valence-electron chi connectivity index (χ3n) is 2.72. The molecule has 0 bridgehead atoms. The molecule has 4 heteroatoms. The molecule has 1 aromatic heterocycles. The second-order valence-corrected chi connectivity index (χ2v) is 4.04. The van der Waals surface area contributed by atoms with Crippen molar-refractivity contribution in [1.29, 1.82) is 0 Å². The summed E-state index contributed by atoms with van der Waals surface area (Å²) in [6.45, 7) is 2.08. The number of benzene rings is 1. The Kier molecular flexibility index (Phi) is 3.80. The molecule has 17 heavy (non-hydrogen) atoms. The van der Waals surface area contributed by atoms with Gasteiger partial charge in [-0.2, -0.15) is 0 Å². The first kappa shape index (κ1) is 11.7. The van der Waals surface area contributed by atoms with Crippen molar-refractivity contribution >= 4 is 0 Å². The third kappa shape index (κ3) is 3.09. The van der Waals surface area contributed by atoms with E-state index >= 15 is 0 Å². The van der Waals surface area contributed by atoms with Crippen LogP contribution in [0.25, 0.3) is 0 Å². The Morgan fingerprint density at radius 1 is 1.24 bits per heavy atom. The largest absolute Gasteiger partial charge is 0.271 e. The van der Waals surface area contributed by atoms with Gasteiger partial charge in [0.25, 0.3) is 0 Å². The minimum absolute atomic E-state index is 0.0145. The number of aryl methyl sites for hydroxylation is 1. The monoisotopic (exact) mass is 228 g/mol. The van der Waals surface area contributed by atoms with Gasteiger partial charge in [0.05, 0.1) is 11.7 Å². The van der Waals surface area contributed by atoms with Crippen LogP contribution in [0.2, 0.25) is 0 Å². The molecule has 0 aliphatic carbocycles. The highest BCUT2D eigenvalue weighted by molar-refractivity contribution is 5.23. The van der Waals surface area contributed by atoms with Gasteiger partial charge in [-0.1, -0.05) is 29.8 Å². The molecule has 0 aliphatic rings. The van der Waals surface area contributed by atoms with E-state index in [0.29, 0.717) is 0 Å². The van der Waals surface area contributed by atoms with E-state index in [0.717, 1.165) is 12.1 Å². The van der Waals surface area contributed by atoms with Gasteiger partial charge < -0.3 is 0 Å². The van der Waals surface area contributed by atoms with Gasteiger partial charge in [-0.3, -0.25) is 11.3 Å². The van der Waals surface area contributed by atoms with E-state index in [1.807, 2.05) is 6.07 Å². The lowest BCUT2D eigenvalue weighted by Crippen LogP contribution is -2.30. The Morgan fingerprint density at radius 3 is 2.59 bits per heavy atom. The summed E-state index contributed by atoms with van der Waals surface area (Å²) in [5.41, 5.74) is 6.19. The number of rotatable bonds is 4. The van der Waals surface area contributed by atoms with Gasteiger partial charge in [-0.25, -0.2) is 9.97 Å². The quantitative estimate of drug-likeness (QED) is 0.615. The van der Waals surface area contributed by atoms with Crippen molar-refractivity contribution in [3.8, 4) is 0 Å². The summed E-state index contributed by atoms with van der Waals surface area (Å²) in [5, 5.41) is 0. The highest BCUT2D eigenvalue weighted by atomic mass is 15.2. The maximum Gasteiger partial charge on any atom is 0.115 e. The molecular weight excluding hydrogens is 212 g/mol. The molecule has 2 rings (SSSR count). The topological polar surface area (TPSA) is 63.8 Å². The molecular formula is C13H16N4. The van der Waals surface area contributed by atoms with Gasteiger partial charge in [0, 0.05) is 6.20 Å². The van der Waals surface area contributed by atoms with Crippen molar-refractivity contribution < 1.29 is 0 Å². The normalized spacial score (nSPS) is 12.4. The Bertz CT molecular complexity index is 453. The second-order valence-electron chi connectivity index (χ2n) is 4.04. The van der Waals surface area contributed by atoms with E-state index in [1.165, 1.54) is 17.5 Å². The molecule has 0 saturated carbocycles. The number of hydrogen-bond acceptors (Lipinski definition) is 4. The summed E-state index contributed by atoms with van der Waals surface area (Å²) in [5.74, 6) is 5.57. The lowest BCUT2D eigenvalue weighted by molar-refractivity contribution is 0.537. The highest BCUT2D eigenvalue weighted by Crippen LogP contribution is 2.15. The van der Waals surface area contributed by atoms with Crippen molar-refractivity contribution in [1.82, 2.24) is 15.4 Å².